The molecule has 0 saturated carbocycles. The molecule has 13 N–H and O–H groups in total. The Bertz CT molecular complexity index is 1820. The Hall–Kier alpha value is -3.91. The van der Waals surface area contributed by atoms with Gasteiger partial charge in [0, 0.05) is 17.7 Å². The van der Waals surface area contributed by atoms with E-state index in [0.717, 1.165) is 24.3 Å². The van der Waals surface area contributed by atoms with Gasteiger partial charge in [0.15, 0.2) is 35.9 Å². The Morgan fingerprint density at radius 2 is 1.30 bits per heavy atom. The van der Waals surface area contributed by atoms with Gasteiger partial charge in [-0.25, -0.2) is 0 Å². The number of rotatable bonds is 9. The second-order valence-electron chi connectivity index (χ2n) is 12.6. The fraction of sp³-hybridized carbons (Fsp3) is 0.531. The first-order chi connectivity index (χ1) is 25.1. The van der Waals surface area contributed by atoms with Crippen molar-refractivity contribution in [1.82, 2.24) is 0 Å². The number of ether oxygens (including phenoxy) is 6. The van der Waals surface area contributed by atoms with Crippen LogP contribution >= 0.6 is 0 Å². The number of phenols is 4. The molecule has 14 atom stereocenters. The molecule has 1 aromatic heterocycles. The van der Waals surface area contributed by atoms with E-state index < -0.39 is 151 Å². The predicted molar refractivity (Wildman–Crippen MR) is 168 cm³/mol. The van der Waals surface area contributed by atoms with Crippen molar-refractivity contribution in [3.05, 3.63) is 40.6 Å². The van der Waals surface area contributed by atoms with E-state index in [1.54, 1.807) is 0 Å². The van der Waals surface area contributed by atoms with E-state index in [0.29, 0.717) is 0 Å². The predicted octanol–water partition coefficient (Wildman–Crippen LogP) is -4.25. The molecule has 3 aliphatic heterocycles. The maximum absolute atomic E-state index is 13.9. The van der Waals surface area contributed by atoms with Crippen LogP contribution in [0.15, 0.2) is 39.5 Å². The van der Waals surface area contributed by atoms with Crippen LogP contribution in [0.2, 0.25) is 0 Å². The van der Waals surface area contributed by atoms with Crippen molar-refractivity contribution in [3.8, 4) is 40.1 Å². The molecule has 3 saturated heterocycles. The molecular weight excluding hydrogens is 720 g/mol. The van der Waals surface area contributed by atoms with Crippen molar-refractivity contribution in [2.45, 2.75) is 86.0 Å². The first kappa shape index (κ1) is 38.8. The van der Waals surface area contributed by atoms with E-state index in [1.807, 2.05) is 0 Å². The molecule has 3 fully saturated rings. The molecule has 53 heavy (non-hydrogen) atoms. The highest BCUT2D eigenvalue weighted by molar-refractivity contribution is 5.88. The van der Waals surface area contributed by atoms with Gasteiger partial charge in [0.05, 0.1) is 19.8 Å². The Morgan fingerprint density at radius 1 is 0.660 bits per heavy atom. The summed E-state index contributed by atoms with van der Waals surface area (Å²) in [5.74, 6) is -3.70. The minimum Gasteiger partial charge on any atom is -0.508 e. The van der Waals surface area contributed by atoms with Crippen LogP contribution in [0.25, 0.3) is 22.3 Å². The van der Waals surface area contributed by atoms with Crippen molar-refractivity contribution in [3.63, 3.8) is 0 Å². The van der Waals surface area contributed by atoms with Gasteiger partial charge in [0.1, 0.15) is 83.5 Å². The number of phenolic OH excluding ortho intramolecular Hbond substituents is 4. The van der Waals surface area contributed by atoms with E-state index in [9.17, 15) is 71.2 Å². The smallest absolute Gasteiger partial charge is 0.239 e. The zero-order valence-electron chi connectivity index (χ0n) is 27.2. The molecule has 6 rings (SSSR count). The fourth-order valence-corrected chi connectivity index (χ4v) is 6.19. The topological polar surface area (TPSA) is 349 Å². The summed E-state index contributed by atoms with van der Waals surface area (Å²) < 4.78 is 39.4. The van der Waals surface area contributed by atoms with Crippen molar-refractivity contribution in [2.24, 2.45) is 0 Å². The van der Waals surface area contributed by atoms with Crippen LogP contribution in [-0.4, -0.2) is 172 Å². The van der Waals surface area contributed by atoms with Crippen molar-refractivity contribution in [2.75, 3.05) is 19.8 Å². The second-order valence-corrected chi connectivity index (χ2v) is 12.6. The summed E-state index contributed by atoms with van der Waals surface area (Å²) in [5, 5.41) is 134. The summed E-state index contributed by atoms with van der Waals surface area (Å²) in [6, 6.07) is 5.05. The summed E-state index contributed by atoms with van der Waals surface area (Å²) in [5.41, 5.74) is -1.55. The van der Waals surface area contributed by atoms with Crippen LogP contribution in [0.5, 0.6) is 28.7 Å². The molecule has 4 heterocycles. The molecule has 2 aromatic carbocycles. The lowest BCUT2D eigenvalue weighted by atomic mass is 9.98. The van der Waals surface area contributed by atoms with Crippen LogP contribution in [0.1, 0.15) is 0 Å². The molecule has 21 nitrogen and oxygen atoms in total. The average molecular weight is 759 g/mol. The molecule has 3 aromatic rings. The van der Waals surface area contributed by atoms with Gasteiger partial charge in [-0.1, -0.05) is 0 Å². The number of benzene rings is 2. The van der Waals surface area contributed by atoms with Crippen LogP contribution < -0.4 is 10.2 Å². The Balaban J connectivity index is 1.34. The molecule has 0 amide bonds. The van der Waals surface area contributed by atoms with Gasteiger partial charge in [0.25, 0.3) is 0 Å². The average Bonchev–Trinajstić information content (AvgIpc) is 3.12. The number of aliphatic hydroxyl groups is 9. The molecule has 292 valence electrons. The molecule has 0 bridgehead atoms. The summed E-state index contributed by atoms with van der Waals surface area (Å²) in [4.78, 5) is 13.9. The molecule has 0 unspecified atom stereocenters. The zero-order chi connectivity index (χ0) is 38.5. The molecule has 0 aliphatic carbocycles. The molecule has 21 heteroatoms. The highest BCUT2D eigenvalue weighted by atomic mass is 16.8. The number of hydrogen-bond donors (Lipinski definition) is 13. The van der Waals surface area contributed by atoms with Gasteiger partial charge >= 0.3 is 0 Å². The molecule has 3 aliphatic rings. The van der Waals surface area contributed by atoms with Gasteiger partial charge in [0.2, 0.25) is 17.5 Å². The first-order valence-electron chi connectivity index (χ1n) is 16.1. The number of aliphatic hydroxyl groups excluding tert-OH is 9. The number of fused-ring (bicyclic) bond motifs is 1. The maximum atomic E-state index is 13.9. The van der Waals surface area contributed by atoms with E-state index in [-0.39, 0.29) is 11.1 Å². The Labute approximate surface area is 296 Å². The highest BCUT2D eigenvalue weighted by Gasteiger charge is 2.52. The Morgan fingerprint density at radius 3 is 1.96 bits per heavy atom. The maximum Gasteiger partial charge on any atom is 0.239 e. The van der Waals surface area contributed by atoms with Crippen LogP contribution in [0.3, 0.4) is 0 Å². The summed E-state index contributed by atoms with van der Waals surface area (Å²) in [7, 11) is 0. The first-order valence-corrected chi connectivity index (χ1v) is 16.1. The minimum atomic E-state index is -2.03. The Kier molecular flexibility index (Phi) is 11.3. The minimum absolute atomic E-state index is 0.0992. The van der Waals surface area contributed by atoms with Crippen LogP contribution in [0.4, 0.5) is 0 Å². The van der Waals surface area contributed by atoms with Gasteiger partial charge in [-0.2, -0.15) is 0 Å². The zero-order valence-corrected chi connectivity index (χ0v) is 27.2. The number of aromatic hydroxyl groups is 4. The quantitative estimate of drug-likeness (QED) is 0.0919. The lowest BCUT2D eigenvalue weighted by Gasteiger charge is -2.46. The van der Waals surface area contributed by atoms with Crippen LogP contribution in [0, 0.1) is 0 Å². The van der Waals surface area contributed by atoms with Gasteiger partial charge in [-0.15, -0.1) is 0 Å². The van der Waals surface area contributed by atoms with E-state index in [2.05, 4.69) is 0 Å². The highest BCUT2D eigenvalue weighted by Crippen LogP contribution is 2.40. The lowest BCUT2D eigenvalue weighted by Crippen LogP contribution is -2.65. The largest absolute Gasteiger partial charge is 0.508 e. The lowest BCUT2D eigenvalue weighted by molar-refractivity contribution is -0.368. The molecular formula is C32H38O21. The third-order valence-electron chi connectivity index (χ3n) is 9.07. The van der Waals surface area contributed by atoms with Gasteiger partial charge < -0.3 is 99.2 Å². The van der Waals surface area contributed by atoms with Gasteiger partial charge in [-0.05, 0) is 18.2 Å². The summed E-state index contributed by atoms with van der Waals surface area (Å²) in [6.45, 7) is -2.34. The van der Waals surface area contributed by atoms with Gasteiger partial charge in [-0.3, -0.25) is 4.79 Å². The van der Waals surface area contributed by atoms with Crippen molar-refractivity contribution < 1.29 is 99.2 Å². The number of hydrogen-bond acceptors (Lipinski definition) is 21. The van der Waals surface area contributed by atoms with Crippen LogP contribution in [-0.2, 0) is 23.7 Å². The monoisotopic (exact) mass is 758 g/mol. The summed E-state index contributed by atoms with van der Waals surface area (Å²) in [6.07, 6.45) is -25.4. The SMILES string of the molecule is O=c1c(O[C@@H]2O[C@H](CO)[C@@H](O)[C@H](O)[C@H]2O[C@@H]2OC[C@@H](O)[C@H](O[C@@H]3O[C@H](CO)[C@@H](O)[C@H](O)[C@H]3O)[C@H]2O)c(-c2ccc(O)c(O)c2)oc2cc(O)cc(O)c12. The normalized spacial score (nSPS) is 36.4. The van der Waals surface area contributed by atoms with Crippen molar-refractivity contribution >= 4 is 11.0 Å². The third-order valence-corrected chi connectivity index (χ3v) is 9.07. The fourth-order valence-electron chi connectivity index (χ4n) is 6.19. The second kappa shape index (κ2) is 15.4. The molecule has 0 spiro atoms. The summed E-state index contributed by atoms with van der Waals surface area (Å²) >= 11 is 0. The van der Waals surface area contributed by atoms with E-state index in [4.69, 9.17) is 32.8 Å². The molecule has 0 radical (unpaired) electrons. The van der Waals surface area contributed by atoms with E-state index >= 15 is 0 Å². The van der Waals surface area contributed by atoms with Crippen molar-refractivity contribution in [1.29, 1.82) is 0 Å². The van der Waals surface area contributed by atoms with E-state index in [1.165, 1.54) is 6.07 Å². The standard InChI is InChI=1S/C32H38O21/c33-6-16-19(40)22(43)24(45)31(49-16)51-27-14(39)8-47-30(25(27)46)53-29-23(44)20(41)17(7-34)50-32(29)52-28-21(42)18-13(38)4-10(35)5-15(18)48-26(28)9-1-2-11(36)12(37)3-9/h1-5,14,16-17,19-20,22-25,27,29-41,43-46H,6-8H2/t14-,16-,17-,19-,20-,22+,23+,24-,25-,27+,29-,30+,31+,32+/m1/s1. The third kappa shape index (κ3) is 7.33.